The Morgan fingerprint density at radius 1 is 1.19 bits per heavy atom. The third-order valence-corrected chi connectivity index (χ3v) is 4.30. The van der Waals surface area contributed by atoms with Crippen LogP contribution in [0.3, 0.4) is 0 Å². The lowest BCUT2D eigenvalue weighted by molar-refractivity contribution is 0.158. The number of rotatable bonds is 6. The summed E-state index contributed by atoms with van der Waals surface area (Å²) in [7, 11) is 0. The van der Waals surface area contributed by atoms with E-state index in [0.717, 1.165) is 12.5 Å². The Bertz CT molecular complexity index is 509. The van der Waals surface area contributed by atoms with Crippen LogP contribution < -0.4 is 0 Å². The maximum absolute atomic E-state index is 4.22. The largest absolute Gasteiger partial charge is 0.303 e. The highest BCUT2D eigenvalue weighted by Crippen LogP contribution is 2.18. The third kappa shape index (κ3) is 4.39. The van der Waals surface area contributed by atoms with Crippen LogP contribution in [0.5, 0.6) is 0 Å². The number of aryl methyl sites for hydroxylation is 1. The van der Waals surface area contributed by atoms with Crippen LogP contribution in [-0.4, -0.2) is 39.3 Å². The average Bonchev–Trinajstić information content (AvgIpc) is 3.02. The number of likely N-dealkylation sites (tertiary alicyclic amines) is 1. The summed E-state index contributed by atoms with van der Waals surface area (Å²) < 4.78 is 1.97. The van der Waals surface area contributed by atoms with Crippen molar-refractivity contribution in [1.29, 1.82) is 0 Å². The van der Waals surface area contributed by atoms with Crippen molar-refractivity contribution in [3.63, 3.8) is 0 Å². The molecular formula is C17H24N4. The second kappa shape index (κ2) is 7.36. The van der Waals surface area contributed by atoms with Crippen LogP contribution in [0.4, 0.5) is 0 Å². The first-order valence-corrected chi connectivity index (χ1v) is 7.99. The maximum Gasteiger partial charge on any atom is 0.137 e. The predicted octanol–water partition coefficient (Wildman–Crippen LogP) is 2.62. The molecule has 0 aliphatic carbocycles. The van der Waals surface area contributed by atoms with Gasteiger partial charge in [0, 0.05) is 13.1 Å². The Morgan fingerprint density at radius 3 is 2.90 bits per heavy atom. The van der Waals surface area contributed by atoms with Crippen molar-refractivity contribution in [2.45, 2.75) is 32.2 Å². The summed E-state index contributed by atoms with van der Waals surface area (Å²) in [6, 6.07) is 10.8. The fraction of sp³-hybridized carbons (Fsp3) is 0.529. The molecule has 0 bridgehead atoms. The topological polar surface area (TPSA) is 34.0 Å². The van der Waals surface area contributed by atoms with Crippen molar-refractivity contribution >= 4 is 0 Å². The normalized spacial score (nSPS) is 19.7. The smallest absolute Gasteiger partial charge is 0.137 e. The molecule has 3 rings (SSSR count). The number of benzene rings is 1. The molecule has 0 radical (unpaired) electrons. The van der Waals surface area contributed by atoms with Gasteiger partial charge in [0.1, 0.15) is 12.7 Å². The summed E-state index contributed by atoms with van der Waals surface area (Å²) in [5.74, 6) is 0.720. The van der Waals surface area contributed by atoms with E-state index in [9.17, 15) is 0 Å². The Kier molecular flexibility index (Phi) is 5.00. The van der Waals surface area contributed by atoms with Crippen molar-refractivity contribution in [2.75, 3.05) is 19.6 Å². The van der Waals surface area contributed by atoms with Gasteiger partial charge in [-0.2, -0.15) is 5.10 Å². The zero-order chi connectivity index (χ0) is 14.3. The highest BCUT2D eigenvalue weighted by atomic mass is 15.3. The molecule has 1 aromatic heterocycles. The van der Waals surface area contributed by atoms with E-state index >= 15 is 0 Å². The van der Waals surface area contributed by atoms with Gasteiger partial charge in [0.05, 0.1) is 0 Å². The molecule has 1 aromatic carbocycles. The Labute approximate surface area is 126 Å². The molecule has 2 aromatic rings. The molecule has 2 heterocycles. The Hall–Kier alpha value is -1.68. The number of nitrogens with zero attached hydrogens (tertiary/aromatic N) is 4. The minimum Gasteiger partial charge on any atom is -0.303 e. The van der Waals surface area contributed by atoms with Gasteiger partial charge in [-0.25, -0.2) is 4.98 Å². The first kappa shape index (κ1) is 14.3. The van der Waals surface area contributed by atoms with Gasteiger partial charge in [0.25, 0.3) is 0 Å². The molecule has 0 saturated carbocycles. The minimum atomic E-state index is 0.720. The fourth-order valence-corrected chi connectivity index (χ4v) is 3.25. The van der Waals surface area contributed by atoms with Crippen molar-refractivity contribution in [3.05, 3.63) is 48.5 Å². The van der Waals surface area contributed by atoms with Crippen molar-refractivity contribution in [1.82, 2.24) is 19.7 Å². The van der Waals surface area contributed by atoms with E-state index in [0.29, 0.717) is 0 Å². The van der Waals surface area contributed by atoms with E-state index in [2.05, 4.69) is 45.3 Å². The van der Waals surface area contributed by atoms with Gasteiger partial charge in [0.15, 0.2) is 0 Å². The number of aromatic nitrogens is 3. The molecule has 4 heteroatoms. The highest BCUT2D eigenvalue weighted by Gasteiger charge is 2.20. The van der Waals surface area contributed by atoms with Gasteiger partial charge in [-0.05, 0) is 50.3 Å². The summed E-state index contributed by atoms with van der Waals surface area (Å²) in [4.78, 5) is 6.65. The molecule has 21 heavy (non-hydrogen) atoms. The molecule has 0 amide bonds. The zero-order valence-electron chi connectivity index (χ0n) is 12.6. The molecule has 0 unspecified atom stereocenters. The second-order valence-corrected chi connectivity index (χ2v) is 6.02. The Balaban J connectivity index is 1.41. The summed E-state index contributed by atoms with van der Waals surface area (Å²) in [6.07, 6.45) is 8.51. The Morgan fingerprint density at radius 2 is 2.10 bits per heavy atom. The lowest BCUT2D eigenvalue weighted by Crippen LogP contribution is -2.37. The summed E-state index contributed by atoms with van der Waals surface area (Å²) in [5, 5.41) is 4.22. The van der Waals surface area contributed by atoms with Crippen LogP contribution in [0, 0.1) is 5.92 Å². The highest BCUT2D eigenvalue weighted by molar-refractivity contribution is 5.14. The molecule has 1 fully saturated rings. The average molecular weight is 284 g/mol. The van der Waals surface area contributed by atoms with Gasteiger partial charge in [-0.15, -0.1) is 0 Å². The van der Waals surface area contributed by atoms with Crippen molar-refractivity contribution in [3.8, 4) is 0 Å². The van der Waals surface area contributed by atoms with Crippen LogP contribution >= 0.6 is 0 Å². The lowest BCUT2D eigenvalue weighted by atomic mass is 9.97. The van der Waals surface area contributed by atoms with Crippen LogP contribution in [-0.2, 0) is 13.0 Å². The lowest BCUT2D eigenvalue weighted by Gasteiger charge is -2.32. The number of hydrogen-bond donors (Lipinski definition) is 0. The van der Waals surface area contributed by atoms with Gasteiger partial charge < -0.3 is 4.90 Å². The fourth-order valence-electron chi connectivity index (χ4n) is 3.25. The molecule has 4 nitrogen and oxygen atoms in total. The van der Waals surface area contributed by atoms with Crippen LogP contribution in [0.1, 0.15) is 24.8 Å². The summed E-state index contributed by atoms with van der Waals surface area (Å²) >= 11 is 0. The molecule has 0 spiro atoms. The van der Waals surface area contributed by atoms with Crippen molar-refractivity contribution in [2.24, 2.45) is 5.92 Å². The first-order chi connectivity index (χ1) is 10.4. The van der Waals surface area contributed by atoms with Gasteiger partial charge in [-0.3, -0.25) is 4.68 Å². The van der Waals surface area contributed by atoms with Crippen molar-refractivity contribution < 1.29 is 0 Å². The predicted molar refractivity (Wildman–Crippen MR) is 83.9 cm³/mol. The van der Waals surface area contributed by atoms with E-state index in [1.165, 1.54) is 50.9 Å². The number of piperidine rings is 1. The van der Waals surface area contributed by atoms with Crippen LogP contribution in [0.15, 0.2) is 43.0 Å². The van der Waals surface area contributed by atoms with E-state index < -0.39 is 0 Å². The van der Waals surface area contributed by atoms with E-state index in [1.807, 2.05) is 11.0 Å². The molecule has 0 N–H and O–H groups in total. The third-order valence-electron chi connectivity index (χ3n) is 4.30. The van der Waals surface area contributed by atoms with Gasteiger partial charge >= 0.3 is 0 Å². The summed E-state index contributed by atoms with van der Waals surface area (Å²) in [5.41, 5.74) is 1.45. The van der Waals surface area contributed by atoms with E-state index in [-0.39, 0.29) is 0 Å². The number of hydrogen-bond acceptors (Lipinski definition) is 3. The minimum absolute atomic E-state index is 0.720. The molecule has 1 aliphatic heterocycles. The van der Waals surface area contributed by atoms with Crippen LogP contribution in [0.2, 0.25) is 0 Å². The molecule has 112 valence electrons. The molecule has 1 saturated heterocycles. The summed E-state index contributed by atoms with van der Waals surface area (Å²) in [6.45, 7) is 4.68. The first-order valence-electron chi connectivity index (χ1n) is 7.99. The van der Waals surface area contributed by atoms with Gasteiger partial charge in [0.2, 0.25) is 0 Å². The van der Waals surface area contributed by atoms with E-state index in [1.54, 1.807) is 6.33 Å². The quantitative estimate of drug-likeness (QED) is 0.817. The standard InChI is InChI=1S/C17H24N4/c1-2-6-16(7-3-1)8-4-10-20-11-5-9-17(12-20)13-21-15-18-14-19-21/h1-3,6-7,14-15,17H,4-5,8-13H2/t17-/m0/s1. The van der Waals surface area contributed by atoms with E-state index in [4.69, 9.17) is 0 Å². The molecule has 1 atom stereocenters. The maximum atomic E-state index is 4.22. The van der Waals surface area contributed by atoms with Crippen LogP contribution in [0.25, 0.3) is 0 Å². The monoisotopic (exact) mass is 284 g/mol. The zero-order valence-corrected chi connectivity index (χ0v) is 12.6. The second-order valence-electron chi connectivity index (χ2n) is 6.02. The molecule has 1 aliphatic rings. The van der Waals surface area contributed by atoms with Gasteiger partial charge in [-0.1, -0.05) is 30.3 Å². The SMILES string of the molecule is c1ccc(CCCN2CCC[C@H](Cn3cncn3)C2)cc1. The molecular weight excluding hydrogens is 260 g/mol.